The molecule has 0 atom stereocenters. The summed E-state index contributed by atoms with van der Waals surface area (Å²) in [7, 11) is 0. The van der Waals surface area contributed by atoms with E-state index in [-0.39, 0.29) is 17.9 Å². The Balaban J connectivity index is 1.91. The number of nitrogens with one attached hydrogen (secondary N) is 1. The molecule has 3 aliphatic rings. The summed E-state index contributed by atoms with van der Waals surface area (Å²) in [5.41, 5.74) is -0.899. The van der Waals surface area contributed by atoms with Crippen molar-refractivity contribution in [3.8, 4) is 0 Å². The van der Waals surface area contributed by atoms with Crippen LogP contribution in [0.15, 0.2) is 0 Å². The zero-order valence-corrected chi connectivity index (χ0v) is 8.99. The molecule has 0 bridgehead atoms. The Morgan fingerprint density at radius 3 is 2.25 bits per heavy atom. The molecule has 1 saturated heterocycles. The zero-order valence-electron chi connectivity index (χ0n) is 8.99. The van der Waals surface area contributed by atoms with Gasteiger partial charge in [0.15, 0.2) is 0 Å². The van der Waals surface area contributed by atoms with Crippen LogP contribution in [0.3, 0.4) is 0 Å². The number of urea groups is 1. The molecular weight excluding hydrogens is 208 g/mol. The van der Waals surface area contributed by atoms with Gasteiger partial charge in [-0.15, -0.1) is 0 Å². The lowest BCUT2D eigenvalue weighted by molar-refractivity contribution is -0.160. The topological polar surface area (TPSA) is 66.5 Å². The van der Waals surface area contributed by atoms with Gasteiger partial charge in [-0.2, -0.15) is 0 Å². The third kappa shape index (κ3) is 1.03. The van der Waals surface area contributed by atoms with Gasteiger partial charge in [-0.3, -0.25) is 19.8 Å². The molecule has 1 heterocycles. The van der Waals surface area contributed by atoms with E-state index in [0.29, 0.717) is 12.8 Å². The van der Waals surface area contributed by atoms with Gasteiger partial charge in [0.25, 0.3) is 0 Å². The Labute approximate surface area is 93.2 Å². The predicted octanol–water partition coefficient (Wildman–Crippen LogP) is 0.788. The minimum Gasteiger partial charge on any atom is -0.277 e. The molecule has 0 aromatic rings. The number of imide groups is 2. The number of hydrogen-bond acceptors (Lipinski definition) is 3. The molecule has 5 nitrogen and oxygen atoms in total. The molecule has 0 aromatic carbocycles. The van der Waals surface area contributed by atoms with Gasteiger partial charge in [0, 0.05) is 6.04 Å². The van der Waals surface area contributed by atoms with Gasteiger partial charge in [-0.25, -0.2) is 4.79 Å². The third-order valence-electron chi connectivity index (χ3n) is 4.15. The van der Waals surface area contributed by atoms with E-state index in [2.05, 4.69) is 5.32 Å². The van der Waals surface area contributed by atoms with E-state index in [0.717, 1.165) is 25.7 Å². The Kier molecular flexibility index (Phi) is 1.87. The van der Waals surface area contributed by atoms with Gasteiger partial charge in [-0.05, 0) is 32.1 Å². The van der Waals surface area contributed by atoms with Crippen molar-refractivity contribution in [2.45, 2.75) is 44.6 Å². The largest absolute Gasteiger partial charge is 0.331 e. The van der Waals surface area contributed by atoms with Crippen LogP contribution in [0.1, 0.15) is 38.5 Å². The minimum absolute atomic E-state index is 0.0260. The molecule has 16 heavy (non-hydrogen) atoms. The summed E-state index contributed by atoms with van der Waals surface area (Å²) in [5.74, 6) is -0.637. The SMILES string of the molecule is O=C1NC(=O)C2(CCC2)C(=O)N1C1CCC1. The van der Waals surface area contributed by atoms with Crippen molar-refractivity contribution in [3.63, 3.8) is 0 Å². The summed E-state index contributed by atoms with van der Waals surface area (Å²) in [6.45, 7) is 0. The van der Waals surface area contributed by atoms with Gasteiger partial charge in [0.1, 0.15) is 5.41 Å². The molecule has 0 aromatic heterocycles. The summed E-state index contributed by atoms with van der Waals surface area (Å²) < 4.78 is 0. The molecule has 3 rings (SSSR count). The standard InChI is InChI=1S/C11H14N2O3/c14-8-11(5-2-6-11)9(15)13(10(16)12-8)7-3-1-4-7/h7H,1-6H2,(H,12,14,16). The fourth-order valence-electron chi connectivity index (χ4n) is 2.64. The van der Waals surface area contributed by atoms with Crippen molar-refractivity contribution < 1.29 is 14.4 Å². The molecular formula is C11H14N2O3. The summed E-state index contributed by atoms with van der Waals surface area (Å²) in [6, 6.07) is -0.490. The first kappa shape index (κ1) is 9.81. The second kappa shape index (κ2) is 3.06. The number of amides is 4. The van der Waals surface area contributed by atoms with Gasteiger partial charge >= 0.3 is 6.03 Å². The maximum Gasteiger partial charge on any atom is 0.331 e. The van der Waals surface area contributed by atoms with Crippen LogP contribution in [0, 0.1) is 5.41 Å². The zero-order chi connectivity index (χ0) is 11.3. The quantitative estimate of drug-likeness (QED) is 0.667. The highest BCUT2D eigenvalue weighted by molar-refractivity contribution is 6.19. The highest BCUT2D eigenvalue weighted by Gasteiger charge is 2.58. The smallest absolute Gasteiger partial charge is 0.277 e. The number of hydrogen-bond donors (Lipinski definition) is 1. The van der Waals surface area contributed by atoms with Crippen molar-refractivity contribution in [2.75, 3.05) is 0 Å². The summed E-state index contributed by atoms with van der Waals surface area (Å²) in [5, 5.41) is 2.33. The molecule has 86 valence electrons. The highest BCUT2D eigenvalue weighted by atomic mass is 16.2. The second-order valence-electron chi connectivity index (χ2n) is 4.95. The molecule has 1 aliphatic heterocycles. The third-order valence-corrected chi connectivity index (χ3v) is 4.15. The van der Waals surface area contributed by atoms with Crippen molar-refractivity contribution in [2.24, 2.45) is 5.41 Å². The molecule has 2 saturated carbocycles. The lowest BCUT2D eigenvalue weighted by Gasteiger charge is -2.48. The molecule has 1 N–H and O–H groups in total. The van der Waals surface area contributed by atoms with Crippen molar-refractivity contribution in [1.29, 1.82) is 0 Å². The monoisotopic (exact) mass is 222 g/mol. The fourth-order valence-corrected chi connectivity index (χ4v) is 2.64. The molecule has 1 spiro atoms. The van der Waals surface area contributed by atoms with Gasteiger partial charge in [0.2, 0.25) is 11.8 Å². The number of rotatable bonds is 1. The average Bonchev–Trinajstić information content (AvgIpc) is 2.06. The number of barbiturate groups is 1. The van der Waals surface area contributed by atoms with Crippen LogP contribution in [-0.2, 0) is 9.59 Å². The van der Waals surface area contributed by atoms with E-state index in [4.69, 9.17) is 0 Å². The first-order valence-corrected chi connectivity index (χ1v) is 5.84. The van der Waals surface area contributed by atoms with Crippen LogP contribution in [0.2, 0.25) is 0 Å². The Morgan fingerprint density at radius 2 is 1.81 bits per heavy atom. The van der Waals surface area contributed by atoms with Crippen LogP contribution < -0.4 is 5.32 Å². The fraction of sp³-hybridized carbons (Fsp3) is 0.727. The first-order valence-electron chi connectivity index (χ1n) is 5.84. The maximum atomic E-state index is 12.2. The van der Waals surface area contributed by atoms with E-state index in [9.17, 15) is 14.4 Å². The van der Waals surface area contributed by atoms with E-state index in [1.54, 1.807) is 0 Å². The molecule has 4 amide bonds. The summed E-state index contributed by atoms with van der Waals surface area (Å²) in [6.07, 6.45) is 4.89. The van der Waals surface area contributed by atoms with E-state index in [1.807, 2.05) is 0 Å². The van der Waals surface area contributed by atoms with E-state index >= 15 is 0 Å². The Bertz CT molecular complexity index is 383. The van der Waals surface area contributed by atoms with Crippen molar-refractivity contribution >= 4 is 17.8 Å². The highest BCUT2D eigenvalue weighted by Crippen LogP contribution is 2.45. The van der Waals surface area contributed by atoms with Crippen LogP contribution >= 0.6 is 0 Å². The first-order chi connectivity index (χ1) is 7.65. The average molecular weight is 222 g/mol. The molecule has 0 radical (unpaired) electrons. The second-order valence-corrected chi connectivity index (χ2v) is 4.95. The maximum absolute atomic E-state index is 12.2. The molecule has 2 aliphatic carbocycles. The van der Waals surface area contributed by atoms with Crippen LogP contribution in [0.4, 0.5) is 4.79 Å². The lowest BCUT2D eigenvalue weighted by atomic mass is 9.65. The number of carbonyl (C=O) groups is 3. The van der Waals surface area contributed by atoms with Crippen LogP contribution in [-0.4, -0.2) is 28.8 Å². The summed E-state index contributed by atoms with van der Waals surface area (Å²) in [4.78, 5) is 36.9. The molecule has 5 heteroatoms. The Morgan fingerprint density at radius 1 is 1.12 bits per heavy atom. The van der Waals surface area contributed by atoms with Crippen molar-refractivity contribution in [1.82, 2.24) is 10.2 Å². The number of carbonyl (C=O) groups excluding carboxylic acids is 3. The van der Waals surface area contributed by atoms with Gasteiger partial charge < -0.3 is 0 Å². The van der Waals surface area contributed by atoms with E-state index < -0.39 is 11.4 Å². The van der Waals surface area contributed by atoms with E-state index in [1.165, 1.54) is 4.90 Å². The van der Waals surface area contributed by atoms with Crippen LogP contribution in [0.5, 0.6) is 0 Å². The normalized spacial score (nSPS) is 28.8. The minimum atomic E-state index is -0.899. The van der Waals surface area contributed by atoms with Crippen LogP contribution in [0.25, 0.3) is 0 Å². The number of nitrogens with zero attached hydrogens (tertiary/aromatic N) is 1. The Hall–Kier alpha value is -1.39. The van der Waals surface area contributed by atoms with Gasteiger partial charge in [-0.1, -0.05) is 6.42 Å². The van der Waals surface area contributed by atoms with Gasteiger partial charge in [0.05, 0.1) is 0 Å². The lowest BCUT2D eigenvalue weighted by Crippen LogP contribution is -2.68. The summed E-state index contributed by atoms with van der Waals surface area (Å²) >= 11 is 0. The van der Waals surface area contributed by atoms with Crippen molar-refractivity contribution in [3.05, 3.63) is 0 Å². The molecule has 3 fully saturated rings. The predicted molar refractivity (Wildman–Crippen MR) is 54.3 cm³/mol. The molecule has 0 unspecified atom stereocenters.